The third kappa shape index (κ3) is 5.31. The van der Waals surface area contributed by atoms with Gasteiger partial charge in [0.05, 0.1) is 0 Å². The number of carbonyl (C=O) groups excluding carboxylic acids is 1. The van der Waals surface area contributed by atoms with Crippen LogP contribution in [0.2, 0.25) is 0 Å². The first kappa shape index (κ1) is 13.5. The molecule has 0 saturated carbocycles. The summed E-state index contributed by atoms with van der Waals surface area (Å²) in [4.78, 5) is 11.5. The largest absolute Gasteiger partial charge is 0.353 e. The second-order valence-corrected chi connectivity index (χ2v) is 3.94. The maximum atomic E-state index is 11.5. The maximum absolute atomic E-state index is 11.5. The highest BCUT2D eigenvalue weighted by Gasteiger charge is 2.02. The van der Waals surface area contributed by atoms with E-state index >= 15 is 0 Å². The van der Waals surface area contributed by atoms with Crippen molar-refractivity contribution in [2.45, 2.75) is 19.8 Å². The molecule has 0 aliphatic rings. The molecule has 0 unspecified atom stereocenters. The Morgan fingerprint density at radius 2 is 2.12 bits per heavy atom. The molecule has 0 bridgehead atoms. The summed E-state index contributed by atoms with van der Waals surface area (Å²) in [5, 5.41) is 2.83. The smallest absolute Gasteiger partial charge is 0.220 e. The number of aryl methyl sites for hydroxylation is 2. The Morgan fingerprint density at radius 1 is 1.35 bits per heavy atom. The molecule has 1 aromatic carbocycles. The molecule has 0 saturated heterocycles. The van der Waals surface area contributed by atoms with Crippen LogP contribution in [-0.2, 0) is 11.2 Å². The molecular weight excluding hydrogens is 212 g/mol. The zero-order valence-corrected chi connectivity index (χ0v) is 10.3. The molecule has 1 aromatic rings. The molecule has 17 heavy (non-hydrogen) atoms. The van der Waals surface area contributed by atoms with Crippen LogP contribution in [0.5, 0.6) is 0 Å². The maximum Gasteiger partial charge on any atom is 0.220 e. The molecule has 0 heterocycles. The van der Waals surface area contributed by atoms with E-state index in [-0.39, 0.29) is 5.91 Å². The van der Waals surface area contributed by atoms with E-state index in [0.29, 0.717) is 19.5 Å². The Hall–Kier alpha value is -1.61. The van der Waals surface area contributed by atoms with Crippen molar-refractivity contribution in [2.75, 3.05) is 13.1 Å². The van der Waals surface area contributed by atoms with E-state index in [1.165, 1.54) is 11.1 Å². The number of nitrogens with two attached hydrogens (primary N) is 1. The molecule has 0 atom stereocenters. The summed E-state index contributed by atoms with van der Waals surface area (Å²) in [6.45, 7) is 3.14. The van der Waals surface area contributed by atoms with Crippen LogP contribution in [0.3, 0.4) is 0 Å². The SMILES string of the molecule is Cc1ccccc1CCC(=O)NC/C=C/CN. The minimum atomic E-state index is 0.0786. The monoisotopic (exact) mass is 232 g/mol. The summed E-state index contributed by atoms with van der Waals surface area (Å²) in [6.07, 6.45) is 5.02. The van der Waals surface area contributed by atoms with Gasteiger partial charge in [0, 0.05) is 19.5 Å². The Bertz CT molecular complexity index is 386. The van der Waals surface area contributed by atoms with Gasteiger partial charge in [0.1, 0.15) is 0 Å². The fourth-order valence-corrected chi connectivity index (χ4v) is 1.58. The number of hydrogen-bond acceptors (Lipinski definition) is 2. The molecule has 1 amide bonds. The van der Waals surface area contributed by atoms with Gasteiger partial charge in [-0.05, 0) is 24.5 Å². The van der Waals surface area contributed by atoms with Crippen LogP contribution in [0, 0.1) is 6.92 Å². The van der Waals surface area contributed by atoms with E-state index in [1.54, 1.807) is 0 Å². The van der Waals surface area contributed by atoms with Gasteiger partial charge in [-0.15, -0.1) is 0 Å². The highest BCUT2D eigenvalue weighted by molar-refractivity contribution is 5.76. The van der Waals surface area contributed by atoms with Gasteiger partial charge >= 0.3 is 0 Å². The predicted molar refractivity (Wildman–Crippen MR) is 70.7 cm³/mol. The number of benzene rings is 1. The topological polar surface area (TPSA) is 55.1 Å². The van der Waals surface area contributed by atoms with Gasteiger partial charge in [-0.3, -0.25) is 4.79 Å². The number of hydrogen-bond donors (Lipinski definition) is 2. The molecule has 3 heteroatoms. The number of carbonyl (C=O) groups is 1. The highest BCUT2D eigenvalue weighted by Crippen LogP contribution is 2.09. The first-order valence-corrected chi connectivity index (χ1v) is 5.90. The summed E-state index contributed by atoms with van der Waals surface area (Å²) < 4.78 is 0. The summed E-state index contributed by atoms with van der Waals surface area (Å²) in [7, 11) is 0. The van der Waals surface area contributed by atoms with E-state index in [9.17, 15) is 4.79 Å². The van der Waals surface area contributed by atoms with Crippen molar-refractivity contribution in [3.63, 3.8) is 0 Å². The lowest BCUT2D eigenvalue weighted by molar-refractivity contribution is -0.120. The first-order valence-electron chi connectivity index (χ1n) is 5.90. The van der Waals surface area contributed by atoms with Gasteiger partial charge < -0.3 is 11.1 Å². The Morgan fingerprint density at radius 3 is 2.82 bits per heavy atom. The molecule has 0 spiro atoms. The summed E-state index contributed by atoms with van der Waals surface area (Å²) >= 11 is 0. The minimum absolute atomic E-state index is 0.0786. The van der Waals surface area contributed by atoms with Crippen molar-refractivity contribution in [1.82, 2.24) is 5.32 Å². The predicted octanol–water partition coefficient (Wildman–Crippen LogP) is 1.56. The Balaban J connectivity index is 2.29. The van der Waals surface area contributed by atoms with Crippen LogP contribution >= 0.6 is 0 Å². The molecule has 3 nitrogen and oxygen atoms in total. The van der Waals surface area contributed by atoms with Crippen LogP contribution in [0.4, 0.5) is 0 Å². The van der Waals surface area contributed by atoms with E-state index in [1.807, 2.05) is 24.3 Å². The molecule has 0 fully saturated rings. The van der Waals surface area contributed by atoms with Gasteiger partial charge in [0.2, 0.25) is 5.91 Å². The minimum Gasteiger partial charge on any atom is -0.353 e. The van der Waals surface area contributed by atoms with Crippen LogP contribution in [-0.4, -0.2) is 19.0 Å². The number of rotatable bonds is 6. The van der Waals surface area contributed by atoms with Crippen molar-refractivity contribution >= 4 is 5.91 Å². The average molecular weight is 232 g/mol. The van der Waals surface area contributed by atoms with Gasteiger partial charge in [-0.2, -0.15) is 0 Å². The van der Waals surface area contributed by atoms with Gasteiger partial charge in [-0.25, -0.2) is 0 Å². The van der Waals surface area contributed by atoms with Crippen molar-refractivity contribution in [3.8, 4) is 0 Å². The zero-order valence-electron chi connectivity index (χ0n) is 10.3. The molecule has 0 radical (unpaired) electrons. The molecule has 1 rings (SSSR count). The lowest BCUT2D eigenvalue weighted by Crippen LogP contribution is -2.23. The summed E-state index contributed by atoms with van der Waals surface area (Å²) in [5.74, 6) is 0.0786. The van der Waals surface area contributed by atoms with Crippen molar-refractivity contribution in [3.05, 3.63) is 47.5 Å². The second kappa shape index (κ2) is 7.63. The normalized spacial score (nSPS) is 10.7. The quantitative estimate of drug-likeness (QED) is 0.731. The molecular formula is C14H20N2O. The fraction of sp³-hybridized carbons (Fsp3) is 0.357. The molecule has 3 N–H and O–H groups in total. The van der Waals surface area contributed by atoms with Crippen LogP contribution in [0.15, 0.2) is 36.4 Å². The van der Waals surface area contributed by atoms with E-state index in [4.69, 9.17) is 5.73 Å². The van der Waals surface area contributed by atoms with E-state index in [0.717, 1.165) is 6.42 Å². The average Bonchev–Trinajstić information content (AvgIpc) is 2.34. The zero-order chi connectivity index (χ0) is 12.5. The molecule has 0 aliphatic carbocycles. The van der Waals surface area contributed by atoms with Gasteiger partial charge in [0.25, 0.3) is 0 Å². The fourth-order valence-electron chi connectivity index (χ4n) is 1.58. The van der Waals surface area contributed by atoms with E-state index in [2.05, 4.69) is 24.4 Å². The van der Waals surface area contributed by atoms with Crippen LogP contribution < -0.4 is 11.1 Å². The summed E-state index contributed by atoms with van der Waals surface area (Å²) in [6, 6.07) is 8.15. The second-order valence-electron chi connectivity index (χ2n) is 3.94. The lowest BCUT2D eigenvalue weighted by Gasteiger charge is -2.05. The van der Waals surface area contributed by atoms with Crippen molar-refractivity contribution in [2.24, 2.45) is 5.73 Å². The van der Waals surface area contributed by atoms with Crippen LogP contribution in [0.25, 0.3) is 0 Å². The van der Waals surface area contributed by atoms with Gasteiger partial charge in [0.15, 0.2) is 0 Å². The third-order valence-corrected chi connectivity index (χ3v) is 2.60. The molecule has 92 valence electrons. The molecule has 0 aromatic heterocycles. The third-order valence-electron chi connectivity index (χ3n) is 2.60. The van der Waals surface area contributed by atoms with Crippen molar-refractivity contribution < 1.29 is 4.79 Å². The standard InChI is InChI=1S/C14H20N2O/c1-12-6-2-3-7-13(12)8-9-14(17)16-11-5-4-10-15/h2-7H,8-11,15H2,1H3,(H,16,17)/b5-4+. The summed E-state index contributed by atoms with van der Waals surface area (Å²) in [5.41, 5.74) is 7.77. The van der Waals surface area contributed by atoms with E-state index < -0.39 is 0 Å². The Kier molecular flexibility index (Phi) is 6.04. The first-order chi connectivity index (χ1) is 8.24. The number of amides is 1. The molecule has 0 aliphatic heterocycles. The van der Waals surface area contributed by atoms with Crippen LogP contribution in [0.1, 0.15) is 17.5 Å². The Labute approximate surface area is 103 Å². The lowest BCUT2D eigenvalue weighted by atomic mass is 10.0. The number of nitrogens with one attached hydrogen (secondary N) is 1. The van der Waals surface area contributed by atoms with Gasteiger partial charge in [-0.1, -0.05) is 36.4 Å². The van der Waals surface area contributed by atoms with Crippen molar-refractivity contribution in [1.29, 1.82) is 0 Å². The highest BCUT2D eigenvalue weighted by atomic mass is 16.1.